The van der Waals surface area contributed by atoms with Crippen molar-refractivity contribution in [1.82, 2.24) is 19.9 Å². The van der Waals surface area contributed by atoms with Crippen molar-refractivity contribution in [2.24, 2.45) is 0 Å². The summed E-state index contributed by atoms with van der Waals surface area (Å²) in [5, 5.41) is 9.27. The second-order valence-corrected chi connectivity index (χ2v) is 5.99. The van der Waals surface area contributed by atoms with Gasteiger partial charge in [-0.05, 0) is 30.7 Å². The van der Waals surface area contributed by atoms with E-state index in [0.717, 1.165) is 11.3 Å². The van der Waals surface area contributed by atoms with Gasteiger partial charge in [0, 0.05) is 18.6 Å². The Balaban J connectivity index is 1.83. The summed E-state index contributed by atoms with van der Waals surface area (Å²) in [6.45, 7) is 2.29. The minimum absolute atomic E-state index is 0.162. The van der Waals surface area contributed by atoms with Crippen molar-refractivity contribution >= 4 is 17.5 Å². The zero-order valence-corrected chi connectivity index (χ0v) is 14.2. The van der Waals surface area contributed by atoms with Crippen molar-refractivity contribution in [3.8, 4) is 5.69 Å². The van der Waals surface area contributed by atoms with Crippen LogP contribution in [0.4, 0.5) is 0 Å². The van der Waals surface area contributed by atoms with Crippen LogP contribution in [0, 0.1) is 6.92 Å². The van der Waals surface area contributed by atoms with Gasteiger partial charge in [0.2, 0.25) is 0 Å². The van der Waals surface area contributed by atoms with Crippen LogP contribution in [0.3, 0.4) is 0 Å². The van der Waals surface area contributed by atoms with E-state index in [9.17, 15) is 4.79 Å². The van der Waals surface area contributed by atoms with Crippen molar-refractivity contribution in [3.63, 3.8) is 0 Å². The highest BCUT2D eigenvalue weighted by atomic mass is 35.5. The fourth-order valence-corrected chi connectivity index (χ4v) is 2.59. The van der Waals surface area contributed by atoms with Crippen LogP contribution in [0.2, 0.25) is 5.02 Å². The monoisotopic (exact) mass is 340 g/mol. The molecule has 0 fully saturated rings. The van der Waals surface area contributed by atoms with Gasteiger partial charge in [0.15, 0.2) is 5.69 Å². The van der Waals surface area contributed by atoms with E-state index in [1.165, 1.54) is 4.80 Å². The normalized spacial score (nSPS) is 10.6. The number of carbonyl (C=O) groups is 1. The first kappa shape index (κ1) is 16.2. The molecular weight excluding hydrogens is 324 g/mol. The third-order valence-electron chi connectivity index (χ3n) is 3.63. The van der Waals surface area contributed by atoms with Crippen LogP contribution in [0.15, 0.2) is 54.6 Å². The number of amides is 1. The molecule has 1 aromatic heterocycles. The Labute approximate surface area is 145 Å². The molecule has 0 atom stereocenters. The van der Waals surface area contributed by atoms with Crippen LogP contribution < -0.4 is 0 Å². The molecule has 1 amide bonds. The smallest absolute Gasteiger partial charge is 0.276 e. The Kier molecular flexibility index (Phi) is 4.62. The van der Waals surface area contributed by atoms with E-state index >= 15 is 0 Å². The van der Waals surface area contributed by atoms with Crippen LogP contribution in [0.5, 0.6) is 0 Å². The maximum absolute atomic E-state index is 12.7. The molecule has 0 aliphatic heterocycles. The molecular formula is C18H17ClN4O. The zero-order chi connectivity index (χ0) is 17.1. The van der Waals surface area contributed by atoms with E-state index in [0.29, 0.717) is 23.0 Å². The maximum atomic E-state index is 12.7. The molecule has 24 heavy (non-hydrogen) atoms. The maximum Gasteiger partial charge on any atom is 0.276 e. The molecule has 0 unspecified atom stereocenters. The lowest BCUT2D eigenvalue weighted by molar-refractivity contribution is 0.0778. The van der Waals surface area contributed by atoms with Crippen LogP contribution >= 0.6 is 11.6 Å². The van der Waals surface area contributed by atoms with Crippen LogP contribution in [-0.4, -0.2) is 32.8 Å². The molecule has 6 heteroatoms. The van der Waals surface area contributed by atoms with E-state index in [4.69, 9.17) is 11.6 Å². The third-order valence-corrected chi connectivity index (χ3v) is 3.87. The number of hydrogen-bond donors (Lipinski definition) is 0. The summed E-state index contributed by atoms with van der Waals surface area (Å²) in [6.07, 6.45) is 0. The Bertz CT molecular complexity index is 860. The molecule has 2 aromatic carbocycles. The topological polar surface area (TPSA) is 51.0 Å². The number of nitrogens with zero attached hydrogens (tertiary/aromatic N) is 4. The van der Waals surface area contributed by atoms with E-state index in [2.05, 4.69) is 10.2 Å². The SMILES string of the molecule is Cc1nn(-c2cccc(Cl)c2)nc1C(=O)N(C)Cc1ccccc1. The van der Waals surface area contributed by atoms with Gasteiger partial charge in [-0.2, -0.15) is 9.90 Å². The number of rotatable bonds is 4. The average Bonchev–Trinajstić information content (AvgIpc) is 2.97. The number of hydrogen-bond acceptors (Lipinski definition) is 3. The third kappa shape index (κ3) is 3.46. The van der Waals surface area contributed by atoms with Gasteiger partial charge in [-0.3, -0.25) is 4.79 Å². The lowest BCUT2D eigenvalue weighted by Gasteiger charge is -2.16. The fraction of sp³-hybridized carbons (Fsp3) is 0.167. The molecule has 0 radical (unpaired) electrons. The number of halogens is 1. The standard InChI is InChI=1S/C18H17ClN4O/c1-13-17(18(24)22(2)12-14-7-4-3-5-8-14)21-23(20-13)16-10-6-9-15(19)11-16/h3-11H,12H2,1-2H3. The highest BCUT2D eigenvalue weighted by molar-refractivity contribution is 6.30. The first-order chi connectivity index (χ1) is 11.5. The van der Waals surface area contributed by atoms with Crippen molar-refractivity contribution in [2.75, 3.05) is 7.05 Å². The minimum atomic E-state index is -0.162. The quantitative estimate of drug-likeness (QED) is 0.730. The van der Waals surface area contributed by atoms with Gasteiger partial charge in [-0.15, -0.1) is 5.10 Å². The first-order valence-corrected chi connectivity index (χ1v) is 7.91. The summed E-state index contributed by atoms with van der Waals surface area (Å²) in [5.74, 6) is -0.162. The van der Waals surface area contributed by atoms with Gasteiger partial charge in [-0.1, -0.05) is 48.0 Å². The van der Waals surface area contributed by atoms with Crippen LogP contribution in [-0.2, 0) is 6.54 Å². The largest absolute Gasteiger partial charge is 0.336 e. The molecule has 1 heterocycles. The summed E-state index contributed by atoms with van der Waals surface area (Å²) >= 11 is 6.00. The number of benzene rings is 2. The molecule has 0 saturated carbocycles. The summed E-state index contributed by atoms with van der Waals surface area (Å²) in [4.78, 5) is 15.7. The number of carbonyl (C=O) groups excluding carboxylic acids is 1. The molecule has 3 aromatic rings. The molecule has 0 aliphatic rings. The lowest BCUT2D eigenvalue weighted by Crippen LogP contribution is -2.27. The summed E-state index contributed by atoms with van der Waals surface area (Å²) in [6, 6.07) is 17.0. The Morgan fingerprint density at radius 1 is 1.12 bits per heavy atom. The Morgan fingerprint density at radius 2 is 1.88 bits per heavy atom. The molecule has 0 aliphatic carbocycles. The molecule has 0 bridgehead atoms. The van der Waals surface area contributed by atoms with Gasteiger partial charge in [0.1, 0.15) is 0 Å². The van der Waals surface area contributed by atoms with Crippen molar-refractivity contribution in [3.05, 3.63) is 76.6 Å². The summed E-state index contributed by atoms with van der Waals surface area (Å²) in [7, 11) is 1.76. The predicted molar refractivity (Wildman–Crippen MR) is 93.3 cm³/mol. The first-order valence-electron chi connectivity index (χ1n) is 7.54. The highest BCUT2D eigenvalue weighted by Gasteiger charge is 2.20. The van der Waals surface area contributed by atoms with E-state index in [-0.39, 0.29) is 5.91 Å². The zero-order valence-electron chi connectivity index (χ0n) is 13.5. The van der Waals surface area contributed by atoms with Crippen LogP contribution in [0.1, 0.15) is 21.7 Å². The average molecular weight is 341 g/mol. The summed E-state index contributed by atoms with van der Waals surface area (Å²) in [5.41, 5.74) is 2.71. The fourth-order valence-electron chi connectivity index (χ4n) is 2.40. The predicted octanol–water partition coefficient (Wildman–Crippen LogP) is 3.50. The summed E-state index contributed by atoms with van der Waals surface area (Å²) < 4.78 is 0. The van der Waals surface area contributed by atoms with Crippen molar-refractivity contribution in [2.45, 2.75) is 13.5 Å². The van der Waals surface area contributed by atoms with Crippen molar-refractivity contribution < 1.29 is 4.79 Å². The highest BCUT2D eigenvalue weighted by Crippen LogP contribution is 2.15. The van der Waals surface area contributed by atoms with Gasteiger partial charge in [0.05, 0.1) is 11.4 Å². The van der Waals surface area contributed by atoms with Gasteiger partial charge in [0.25, 0.3) is 5.91 Å². The number of aryl methyl sites for hydroxylation is 1. The number of aromatic nitrogens is 3. The molecule has 122 valence electrons. The second-order valence-electron chi connectivity index (χ2n) is 5.55. The Hall–Kier alpha value is -2.66. The lowest BCUT2D eigenvalue weighted by atomic mass is 10.2. The molecule has 0 N–H and O–H groups in total. The van der Waals surface area contributed by atoms with Gasteiger partial charge >= 0.3 is 0 Å². The van der Waals surface area contributed by atoms with E-state index < -0.39 is 0 Å². The van der Waals surface area contributed by atoms with Crippen LogP contribution in [0.25, 0.3) is 5.69 Å². The molecule has 3 rings (SSSR count). The Morgan fingerprint density at radius 3 is 2.58 bits per heavy atom. The van der Waals surface area contributed by atoms with Crippen molar-refractivity contribution in [1.29, 1.82) is 0 Å². The molecule has 5 nitrogen and oxygen atoms in total. The molecule has 0 spiro atoms. The van der Waals surface area contributed by atoms with E-state index in [1.54, 1.807) is 31.0 Å². The van der Waals surface area contributed by atoms with Gasteiger partial charge < -0.3 is 4.90 Å². The van der Waals surface area contributed by atoms with Gasteiger partial charge in [-0.25, -0.2) is 0 Å². The van der Waals surface area contributed by atoms with E-state index in [1.807, 2.05) is 42.5 Å². The second kappa shape index (κ2) is 6.84. The molecule has 0 saturated heterocycles. The minimum Gasteiger partial charge on any atom is -0.336 e.